The molecule has 18 heavy (non-hydrogen) atoms. The van der Waals surface area contributed by atoms with E-state index in [4.69, 9.17) is 10.5 Å². The molecule has 0 fully saturated rings. The summed E-state index contributed by atoms with van der Waals surface area (Å²) in [4.78, 5) is 11.4. The van der Waals surface area contributed by atoms with Crippen LogP contribution < -0.4 is 5.73 Å². The molecule has 0 aromatic rings. The first-order valence-corrected chi connectivity index (χ1v) is 7.67. The highest BCUT2D eigenvalue weighted by atomic mass is 16.5. The van der Waals surface area contributed by atoms with Crippen LogP contribution in [0.4, 0.5) is 0 Å². The van der Waals surface area contributed by atoms with Crippen molar-refractivity contribution in [3.05, 3.63) is 0 Å². The van der Waals surface area contributed by atoms with Gasteiger partial charge in [-0.05, 0) is 32.2 Å². The predicted octanol–water partition coefficient (Wildman–Crippen LogP) is 3.80. The number of rotatable bonds is 13. The largest absolute Gasteiger partial charge is 0.466 e. The second-order valence-electron chi connectivity index (χ2n) is 4.94. The summed E-state index contributed by atoms with van der Waals surface area (Å²) in [6, 6.07) is 0. The van der Waals surface area contributed by atoms with Crippen molar-refractivity contribution in [2.45, 2.75) is 77.6 Å². The molecule has 0 unspecified atom stereocenters. The maximum Gasteiger partial charge on any atom is 0.305 e. The fourth-order valence-corrected chi connectivity index (χ4v) is 1.91. The fourth-order valence-electron chi connectivity index (χ4n) is 1.91. The average Bonchev–Trinajstić information content (AvgIpc) is 2.37. The molecule has 0 aromatic carbocycles. The number of esters is 1. The molecule has 0 aliphatic rings. The highest BCUT2D eigenvalue weighted by Crippen LogP contribution is 2.08. The van der Waals surface area contributed by atoms with Gasteiger partial charge < -0.3 is 10.5 Å². The minimum absolute atomic E-state index is 0.0312. The van der Waals surface area contributed by atoms with Gasteiger partial charge in [0.25, 0.3) is 0 Å². The SMILES string of the molecule is CCCCCCCCCC(=O)OCCCCCN. The van der Waals surface area contributed by atoms with Crippen molar-refractivity contribution < 1.29 is 9.53 Å². The lowest BCUT2D eigenvalue weighted by Crippen LogP contribution is -2.06. The number of hydrogen-bond acceptors (Lipinski definition) is 3. The molecule has 0 atom stereocenters. The molecule has 0 aliphatic heterocycles. The molecule has 0 spiro atoms. The summed E-state index contributed by atoms with van der Waals surface area (Å²) in [5, 5.41) is 0. The molecule has 0 amide bonds. The summed E-state index contributed by atoms with van der Waals surface area (Å²) in [5.74, 6) is -0.0312. The monoisotopic (exact) mass is 257 g/mol. The van der Waals surface area contributed by atoms with Crippen LogP contribution in [0.5, 0.6) is 0 Å². The summed E-state index contributed by atoms with van der Waals surface area (Å²) in [6.07, 6.45) is 12.3. The molecule has 0 saturated carbocycles. The van der Waals surface area contributed by atoms with E-state index in [0.29, 0.717) is 13.0 Å². The third-order valence-electron chi connectivity index (χ3n) is 3.10. The van der Waals surface area contributed by atoms with Gasteiger partial charge in [0, 0.05) is 6.42 Å². The van der Waals surface area contributed by atoms with E-state index in [1.54, 1.807) is 0 Å². The zero-order valence-corrected chi connectivity index (χ0v) is 12.1. The summed E-state index contributed by atoms with van der Waals surface area (Å²) >= 11 is 0. The topological polar surface area (TPSA) is 52.3 Å². The van der Waals surface area contributed by atoms with Crippen LogP contribution in [-0.2, 0) is 9.53 Å². The van der Waals surface area contributed by atoms with Crippen LogP contribution in [0.15, 0.2) is 0 Å². The lowest BCUT2D eigenvalue weighted by atomic mass is 10.1. The van der Waals surface area contributed by atoms with Crippen molar-refractivity contribution >= 4 is 5.97 Å². The summed E-state index contributed by atoms with van der Waals surface area (Å²) in [6.45, 7) is 3.52. The van der Waals surface area contributed by atoms with Crippen molar-refractivity contribution in [2.75, 3.05) is 13.2 Å². The van der Waals surface area contributed by atoms with E-state index in [1.807, 2.05) is 0 Å². The van der Waals surface area contributed by atoms with Crippen LogP contribution in [0.3, 0.4) is 0 Å². The molecular formula is C15H31NO2. The number of ether oxygens (including phenoxy) is 1. The zero-order valence-electron chi connectivity index (χ0n) is 12.1. The van der Waals surface area contributed by atoms with Crippen molar-refractivity contribution in [1.82, 2.24) is 0 Å². The van der Waals surface area contributed by atoms with Crippen molar-refractivity contribution in [3.8, 4) is 0 Å². The van der Waals surface area contributed by atoms with Gasteiger partial charge in [-0.2, -0.15) is 0 Å². The first kappa shape index (κ1) is 17.4. The second kappa shape index (κ2) is 14.5. The smallest absolute Gasteiger partial charge is 0.305 e. The molecule has 0 saturated heterocycles. The van der Waals surface area contributed by atoms with Gasteiger partial charge in [0.1, 0.15) is 0 Å². The van der Waals surface area contributed by atoms with E-state index >= 15 is 0 Å². The highest BCUT2D eigenvalue weighted by molar-refractivity contribution is 5.69. The Labute approximate surface area is 112 Å². The minimum Gasteiger partial charge on any atom is -0.466 e. The summed E-state index contributed by atoms with van der Waals surface area (Å²) in [7, 11) is 0. The van der Waals surface area contributed by atoms with Gasteiger partial charge in [0.05, 0.1) is 6.61 Å². The fraction of sp³-hybridized carbons (Fsp3) is 0.933. The Kier molecular flexibility index (Phi) is 14.0. The van der Waals surface area contributed by atoms with Crippen LogP contribution in [0.1, 0.15) is 77.6 Å². The van der Waals surface area contributed by atoms with E-state index in [9.17, 15) is 4.79 Å². The average molecular weight is 257 g/mol. The van der Waals surface area contributed by atoms with E-state index < -0.39 is 0 Å². The quantitative estimate of drug-likeness (QED) is 0.403. The van der Waals surface area contributed by atoms with Crippen LogP contribution in [0.25, 0.3) is 0 Å². The molecule has 0 heterocycles. The lowest BCUT2D eigenvalue weighted by Gasteiger charge is -2.04. The molecule has 0 aliphatic carbocycles. The number of carbonyl (C=O) groups excluding carboxylic acids is 1. The Balaban J connectivity index is 3.12. The van der Waals surface area contributed by atoms with Crippen LogP contribution in [0, 0.1) is 0 Å². The van der Waals surface area contributed by atoms with E-state index in [1.165, 1.54) is 32.1 Å². The van der Waals surface area contributed by atoms with E-state index in [2.05, 4.69) is 6.92 Å². The third kappa shape index (κ3) is 13.5. The summed E-state index contributed by atoms with van der Waals surface area (Å²) < 4.78 is 5.15. The first-order chi connectivity index (χ1) is 8.81. The van der Waals surface area contributed by atoms with Crippen molar-refractivity contribution in [3.63, 3.8) is 0 Å². The molecule has 2 N–H and O–H groups in total. The Morgan fingerprint density at radius 3 is 2.17 bits per heavy atom. The number of hydrogen-bond donors (Lipinski definition) is 1. The van der Waals surface area contributed by atoms with Crippen molar-refractivity contribution in [2.24, 2.45) is 5.73 Å². The van der Waals surface area contributed by atoms with Gasteiger partial charge in [0.15, 0.2) is 0 Å². The lowest BCUT2D eigenvalue weighted by molar-refractivity contribution is -0.143. The molecule has 0 aromatic heterocycles. The zero-order chi connectivity index (χ0) is 13.5. The van der Waals surface area contributed by atoms with E-state index in [0.717, 1.165) is 38.6 Å². The van der Waals surface area contributed by atoms with Gasteiger partial charge >= 0.3 is 5.97 Å². The standard InChI is InChI=1S/C15H31NO2/c1-2-3-4-5-6-7-9-12-15(17)18-14-11-8-10-13-16/h2-14,16H2,1H3. The van der Waals surface area contributed by atoms with Gasteiger partial charge in [-0.3, -0.25) is 4.79 Å². The molecule has 108 valence electrons. The Morgan fingerprint density at radius 1 is 0.889 bits per heavy atom. The van der Waals surface area contributed by atoms with Gasteiger partial charge in [-0.1, -0.05) is 45.4 Å². The van der Waals surface area contributed by atoms with Crippen LogP contribution in [-0.4, -0.2) is 19.1 Å². The van der Waals surface area contributed by atoms with Gasteiger partial charge in [-0.15, -0.1) is 0 Å². The Hall–Kier alpha value is -0.570. The van der Waals surface area contributed by atoms with Crippen molar-refractivity contribution in [1.29, 1.82) is 0 Å². The molecule has 0 bridgehead atoms. The maximum atomic E-state index is 11.4. The van der Waals surface area contributed by atoms with Crippen LogP contribution in [0.2, 0.25) is 0 Å². The molecule has 3 nitrogen and oxygen atoms in total. The minimum atomic E-state index is -0.0312. The Bertz CT molecular complexity index is 183. The number of nitrogens with two attached hydrogens (primary N) is 1. The molecule has 3 heteroatoms. The molecular weight excluding hydrogens is 226 g/mol. The third-order valence-corrected chi connectivity index (χ3v) is 3.10. The molecule has 0 radical (unpaired) electrons. The Morgan fingerprint density at radius 2 is 1.50 bits per heavy atom. The molecule has 0 rings (SSSR count). The van der Waals surface area contributed by atoms with Gasteiger partial charge in [0.2, 0.25) is 0 Å². The highest BCUT2D eigenvalue weighted by Gasteiger charge is 2.02. The number of unbranched alkanes of at least 4 members (excludes halogenated alkanes) is 8. The van der Waals surface area contributed by atoms with E-state index in [-0.39, 0.29) is 5.97 Å². The first-order valence-electron chi connectivity index (χ1n) is 7.67. The normalized spacial score (nSPS) is 10.6. The second-order valence-corrected chi connectivity index (χ2v) is 4.94. The van der Waals surface area contributed by atoms with Gasteiger partial charge in [-0.25, -0.2) is 0 Å². The predicted molar refractivity (Wildman–Crippen MR) is 76.5 cm³/mol. The maximum absolute atomic E-state index is 11.4. The van der Waals surface area contributed by atoms with Crippen LogP contribution >= 0.6 is 0 Å². The summed E-state index contributed by atoms with van der Waals surface area (Å²) in [5.41, 5.74) is 5.39. The number of carbonyl (C=O) groups is 1.